The molecule has 0 bridgehead atoms. The molecular weight excluding hydrogens is 330 g/mol. The highest BCUT2D eigenvalue weighted by Crippen LogP contribution is 2.17. The summed E-state index contributed by atoms with van der Waals surface area (Å²) in [4.78, 5) is 14.8. The second kappa shape index (κ2) is 8.50. The highest BCUT2D eigenvalue weighted by molar-refractivity contribution is 5.76. The number of hydrogen-bond acceptors (Lipinski definition) is 5. The van der Waals surface area contributed by atoms with Crippen LogP contribution in [-0.2, 0) is 29.0 Å². The topological polar surface area (TPSA) is 71.4 Å². The maximum atomic E-state index is 12.3. The van der Waals surface area contributed by atoms with Crippen LogP contribution >= 0.6 is 0 Å². The number of ether oxygens (including phenoxy) is 1. The van der Waals surface area contributed by atoms with E-state index in [1.54, 1.807) is 0 Å². The third-order valence-corrected chi connectivity index (χ3v) is 5.77. The molecule has 4 rings (SSSR count). The third-order valence-electron chi connectivity index (χ3n) is 5.77. The first kappa shape index (κ1) is 17.9. The van der Waals surface area contributed by atoms with Crippen LogP contribution in [0.4, 0.5) is 0 Å². The summed E-state index contributed by atoms with van der Waals surface area (Å²) < 4.78 is 7.79. The minimum Gasteiger partial charge on any atom is -0.377 e. The molecule has 7 heteroatoms. The van der Waals surface area contributed by atoms with Gasteiger partial charge >= 0.3 is 0 Å². The first-order valence-corrected chi connectivity index (χ1v) is 10.2. The molecule has 1 aromatic rings. The van der Waals surface area contributed by atoms with E-state index in [0.717, 1.165) is 70.8 Å². The molecule has 0 aromatic carbocycles. The average Bonchev–Trinajstić information content (AvgIpc) is 3.30. The van der Waals surface area contributed by atoms with Crippen LogP contribution in [0.3, 0.4) is 0 Å². The molecule has 2 N–H and O–H groups in total. The number of carbonyl (C=O) groups excluding carboxylic acids is 1. The molecule has 1 aromatic heterocycles. The number of nitrogens with zero attached hydrogens (tertiary/aromatic N) is 3. The zero-order valence-corrected chi connectivity index (χ0v) is 15.6. The maximum Gasteiger partial charge on any atom is 0.220 e. The van der Waals surface area contributed by atoms with Gasteiger partial charge in [-0.25, -0.2) is 0 Å². The van der Waals surface area contributed by atoms with Crippen molar-refractivity contribution in [1.29, 1.82) is 0 Å². The second-order valence-corrected chi connectivity index (χ2v) is 7.80. The van der Waals surface area contributed by atoms with Gasteiger partial charge in [-0.2, -0.15) is 5.10 Å². The second-order valence-electron chi connectivity index (χ2n) is 7.80. The van der Waals surface area contributed by atoms with Gasteiger partial charge in [0.25, 0.3) is 0 Å². The third kappa shape index (κ3) is 4.64. The Kier molecular flexibility index (Phi) is 5.87. The predicted octanol–water partition coefficient (Wildman–Crippen LogP) is 0.679. The molecule has 3 aliphatic rings. The molecular formula is C19H31N5O2. The fraction of sp³-hybridized carbons (Fsp3) is 0.789. The lowest BCUT2D eigenvalue weighted by Gasteiger charge is -2.33. The van der Waals surface area contributed by atoms with E-state index in [0.29, 0.717) is 18.6 Å². The summed E-state index contributed by atoms with van der Waals surface area (Å²) in [6, 6.07) is 2.45. The number of aryl methyl sites for hydroxylation is 1. The van der Waals surface area contributed by atoms with Gasteiger partial charge in [-0.05, 0) is 31.7 Å². The Morgan fingerprint density at radius 3 is 2.96 bits per heavy atom. The van der Waals surface area contributed by atoms with Gasteiger partial charge in [-0.1, -0.05) is 0 Å². The van der Waals surface area contributed by atoms with Gasteiger partial charge in [0.2, 0.25) is 5.91 Å². The van der Waals surface area contributed by atoms with Crippen molar-refractivity contribution >= 4 is 5.91 Å². The monoisotopic (exact) mass is 361 g/mol. The first-order chi connectivity index (χ1) is 12.8. The number of nitrogens with one attached hydrogen (secondary N) is 2. The van der Waals surface area contributed by atoms with Gasteiger partial charge < -0.3 is 20.3 Å². The zero-order valence-electron chi connectivity index (χ0n) is 15.6. The smallest absolute Gasteiger partial charge is 0.220 e. The van der Waals surface area contributed by atoms with Crippen LogP contribution in [0.2, 0.25) is 0 Å². The molecule has 3 aliphatic heterocycles. The summed E-state index contributed by atoms with van der Waals surface area (Å²) in [5.41, 5.74) is 2.26. The number of fused-ring (bicyclic) bond motifs is 1. The van der Waals surface area contributed by atoms with E-state index in [4.69, 9.17) is 4.74 Å². The van der Waals surface area contributed by atoms with Gasteiger partial charge in [-0.3, -0.25) is 9.48 Å². The minimum atomic E-state index is 0.159. The highest BCUT2D eigenvalue weighted by Gasteiger charge is 2.24. The summed E-state index contributed by atoms with van der Waals surface area (Å²) in [5.74, 6) is 0.159. The maximum absolute atomic E-state index is 12.3. The van der Waals surface area contributed by atoms with Crippen LogP contribution in [0.5, 0.6) is 0 Å². The van der Waals surface area contributed by atoms with Gasteiger partial charge in [-0.15, -0.1) is 0 Å². The van der Waals surface area contributed by atoms with Crippen LogP contribution in [0.15, 0.2) is 6.07 Å². The molecule has 0 unspecified atom stereocenters. The fourth-order valence-electron chi connectivity index (χ4n) is 4.25. The van der Waals surface area contributed by atoms with Crippen molar-refractivity contribution in [3.8, 4) is 0 Å². The van der Waals surface area contributed by atoms with Crippen molar-refractivity contribution in [2.24, 2.45) is 0 Å². The van der Waals surface area contributed by atoms with Crippen molar-refractivity contribution < 1.29 is 9.53 Å². The van der Waals surface area contributed by atoms with Gasteiger partial charge in [0, 0.05) is 58.2 Å². The lowest BCUT2D eigenvalue weighted by atomic mass is 10.0. The van der Waals surface area contributed by atoms with E-state index in [2.05, 4.69) is 31.4 Å². The summed E-state index contributed by atoms with van der Waals surface area (Å²) in [6.07, 6.45) is 6.17. The van der Waals surface area contributed by atoms with E-state index in [1.165, 1.54) is 18.5 Å². The minimum absolute atomic E-state index is 0.159. The molecule has 7 nitrogen and oxygen atoms in total. The largest absolute Gasteiger partial charge is 0.377 e. The van der Waals surface area contributed by atoms with E-state index in [1.807, 2.05) is 0 Å². The van der Waals surface area contributed by atoms with Crippen LogP contribution in [-0.4, -0.2) is 65.5 Å². The van der Waals surface area contributed by atoms with Crippen molar-refractivity contribution in [2.45, 2.75) is 63.8 Å². The number of amides is 1. The van der Waals surface area contributed by atoms with E-state index in [-0.39, 0.29) is 5.91 Å². The predicted molar refractivity (Wildman–Crippen MR) is 98.8 cm³/mol. The Balaban J connectivity index is 1.15. The average molecular weight is 361 g/mol. The summed E-state index contributed by atoms with van der Waals surface area (Å²) in [5, 5.41) is 11.2. The number of hydrogen-bond donors (Lipinski definition) is 2. The van der Waals surface area contributed by atoms with Crippen molar-refractivity contribution in [3.63, 3.8) is 0 Å². The standard InChI is InChI=1S/C19H31N5O2/c25-19(4-3-16-12-17-13-20-7-10-24(17)22-16)21-15-5-8-23(9-6-15)14-18-2-1-11-26-18/h12,15,18,20H,1-11,13-14H2,(H,21,25)/t18-/m0/s1. The Bertz CT molecular complexity index is 580. The molecule has 0 spiro atoms. The molecule has 1 amide bonds. The van der Waals surface area contributed by atoms with Crippen LogP contribution in [0.25, 0.3) is 0 Å². The molecule has 1 atom stereocenters. The quantitative estimate of drug-likeness (QED) is 0.780. The van der Waals surface area contributed by atoms with Crippen molar-refractivity contribution in [3.05, 3.63) is 17.5 Å². The Hall–Kier alpha value is -1.44. The first-order valence-electron chi connectivity index (χ1n) is 10.2. The van der Waals surface area contributed by atoms with Gasteiger partial charge in [0.1, 0.15) is 0 Å². The van der Waals surface area contributed by atoms with Crippen molar-refractivity contribution in [1.82, 2.24) is 25.3 Å². The van der Waals surface area contributed by atoms with Gasteiger partial charge in [0.15, 0.2) is 0 Å². The molecule has 2 saturated heterocycles. The van der Waals surface area contributed by atoms with Crippen LogP contribution in [0, 0.1) is 0 Å². The van der Waals surface area contributed by atoms with Crippen molar-refractivity contribution in [2.75, 3.05) is 32.8 Å². The normalized spacial score (nSPS) is 24.5. The molecule has 144 valence electrons. The number of rotatable bonds is 6. The Labute approximate surface area is 155 Å². The highest BCUT2D eigenvalue weighted by atomic mass is 16.5. The summed E-state index contributed by atoms with van der Waals surface area (Å²) in [7, 11) is 0. The fourth-order valence-corrected chi connectivity index (χ4v) is 4.25. The lowest BCUT2D eigenvalue weighted by molar-refractivity contribution is -0.122. The number of piperidine rings is 1. The summed E-state index contributed by atoms with van der Waals surface area (Å²) >= 11 is 0. The van der Waals surface area contributed by atoms with E-state index < -0.39 is 0 Å². The van der Waals surface area contributed by atoms with Crippen LogP contribution < -0.4 is 10.6 Å². The zero-order chi connectivity index (χ0) is 17.8. The molecule has 0 aliphatic carbocycles. The molecule has 4 heterocycles. The SMILES string of the molecule is O=C(CCc1cc2n(n1)CCNC2)NC1CCN(C[C@@H]2CCCO2)CC1. The van der Waals surface area contributed by atoms with E-state index >= 15 is 0 Å². The lowest BCUT2D eigenvalue weighted by Crippen LogP contribution is -2.46. The molecule has 2 fully saturated rings. The Morgan fingerprint density at radius 2 is 2.19 bits per heavy atom. The molecule has 0 radical (unpaired) electrons. The summed E-state index contributed by atoms with van der Waals surface area (Å²) in [6.45, 7) is 6.88. The van der Waals surface area contributed by atoms with Crippen LogP contribution in [0.1, 0.15) is 43.5 Å². The molecule has 0 saturated carbocycles. The number of likely N-dealkylation sites (tertiary alicyclic amines) is 1. The number of aromatic nitrogens is 2. The Morgan fingerprint density at radius 1 is 1.31 bits per heavy atom. The van der Waals surface area contributed by atoms with E-state index in [9.17, 15) is 4.79 Å². The molecule has 26 heavy (non-hydrogen) atoms. The number of carbonyl (C=O) groups is 1. The van der Waals surface area contributed by atoms with Gasteiger partial charge in [0.05, 0.1) is 24.0 Å².